The SMILES string of the molecule is COc1cccc(NC(=O)c2cc(NCCc3ccccc3F)nc(C)n2)c1. The third-order valence-corrected chi connectivity index (χ3v) is 4.06. The molecule has 3 aromatic rings. The van der Waals surface area contributed by atoms with Crippen molar-refractivity contribution >= 4 is 17.4 Å². The van der Waals surface area contributed by atoms with E-state index >= 15 is 0 Å². The van der Waals surface area contributed by atoms with Gasteiger partial charge in [-0.05, 0) is 37.1 Å². The zero-order chi connectivity index (χ0) is 19.9. The number of methoxy groups -OCH3 is 1. The smallest absolute Gasteiger partial charge is 0.274 e. The molecule has 0 unspecified atom stereocenters. The van der Waals surface area contributed by atoms with Crippen molar-refractivity contribution in [3.63, 3.8) is 0 Å². The van der Waals surface area contributed by atoms with Crippen LogP contribution >= 0.6 is 0 Å². The Balaban J connectivity index is 1.66. The third-order valence-electron chi connectivity index (χ3n) is 4.06. The fourth-order valence-corrected chi connectivity index (χ4v) is 2.70. The number of nitrogens with one attached hydrogen (secondary N) is 2. The molecule has 0 radical (unpaired) electrons. The van der Waals surface area contributed by atoms with Crippen LogP contribution in [0, 0.1) is 12.7 Å². The summed E-state index contributed by atoms with van der Waals surface area (Å²) in [6, 6.07) is 15.3. The zero-order valence-corrected chi connectivity index (χ0v) is 15.7. The van der Waals surface area contributed by atoms with Crippen LogP contribution in [0.5, 0.6) is 5.75 Å². The molecule has 2 N–H and O–H groups in total. The molecule has 7 heteroatoms. The van der Waals surface area contributed by atoms with E-state index in [-0.39, 0.29) is 17.4 Å². The third kappa shape index (κ3) is 5.03. The van der Waals surface area contributed by atoms with Crippen molar-refractivity contribution in [1.29, 1.82) is 0 Å². The van der Waals surface area contributed by atoms with Gasteiger partial charge in [0.15, 0.2) is 0 Å². The summed E-state index contributed by atoms with van der Waals surface area (Å²) in [5.41, 5.74) is 1.47. The van der Waals surface area contributed by atoms with Crippen LogP contribution in [0.2, 0.25) is 0 Å². The van der Waals surface area contributed by atoms with Gasteiger partial charge in [0.2, 0.25) is 0 Å². The first kappa shape index (κ1) is 19.3. The van der Waals surface area contributed by atoms with Gasteiger partial charge in [-0.2, -0.15) is 0 Å². The average molecular weight is 380 g/mol. The summed E-state index contributed by atoms with van der Waals surface area (Å²) in [7, 11) is 1.56. The maximum atomic E-state index is 13.7. The second kappa shape index (κ2) is 8.94. The van der Waals surface area contributed by atoms with E-state index in [2.05, 4.69) is 20.6 Å². The lowest BCUT2D eigenvalue weighted by molar-refractivity contribution is 0.102. The maximum absolute atomic E-state index is 13.7. The fraction of sp³-hybridized carbons (Fsp3) is 0.190. The molecular weight excluding hydrogens is 359 g/mol. The van der Waals surface area contributed by atoms with Crippen LogP contribution in [-0.4, -0.2) is 29.5 Å². The van der Waals surface area contributed by atoms with Gasteiger partial charge < -0.3 is 15.4 Å². The van der Waals surface area contributed by atoms with E-state index in [9.17, 15) is 9.18 Å². The number of hydrogen-bond acceptors (Lipinski definition) is 5. The molecule has 0 saturated heterocycles. The van der Waals surface area contributed by atoms with E-state index in [0.717, 1.165) is 0 Å². The standard InChI is InChI=1S/C21H21FN4O2/c1-14-24-19(21(27)26-16-7-5-8-17(12-16)28-2)13-20(25-14)23-11-10-15-6-3-4-9-18(15)22/h3-9,12-13H,10-11H2,1-2H3,(H,26,27)(H,23,24,25). The number of carbonyl (C=O) groups is 1. The van der Waals surface area contributed by atoms with Gasteiger partial charge in [0.1, 0.15) is 28.9 Å². The molecular formula is C21H21FN4O2. The van der Waals surface area contributed by atoms with E-state index in [1.54, 1.807) is 62.6 Å². The number of aryl methyl sites for hydroxylation is 1. The Morgan fingerprint density at radius 3 is 2.71 bits per heavy atom. The summed E-state index contributed by atoms with van der Waals surface area (Å²) in [6.45, 7) is 2.19. The summed E-state index contributed by atoms with van der Waals surface area (Å²) in [5, 5.41) is 5.91. The topological polar surface area (TPSA) is 76.1 Å². The van der Waals surface area contributed by atoms with Gasteiger partial charge in [0, 0.05) is 24.4 Å². The second-order valence-corrected chi connectivity index (χ2v) is 6.14. The zero-order valence-electron chi connectivity index (χ0n) is 15.7. The van der Waals surface area contributed by atoms with Crippen LogP contribution in [0.4, 0.5) is 15.9 Å². The first-order valence-corrected chi connectivity index (χ1v) is 8.83. The predicted molar refractivity (Wildman–Crippen MR) is 106 cm³/mol. The molecule has 0 saturated carbocycles. The van der Waals surface area contributed by atoms with Gasteiger partial charge in [0.25, 0.3) is 5.91 Å². The van der Waals surface area contributed by atoms with Gasteiger partial charge in [-0.3, -0.25) is 4.79 Å². The maximum Gasteiger partial charge on any atom is 0.274 e. The number of rotatable bonds is 7. The molecule has 0 atom stereocenters. The summed E-state index contributed by atoms with van der Waals surface area (Å²) < 4.78 is 18.9. The number of aromatic nitrogens is 2. The van der Waals surface area contributed by atoms with E-state index in [1.165, 1.54) is 6.07 Å². The Kier molecular flexibility index (Phi) is 6.16. The van der Waals surface area contributed by atoms with Crippen LogP contribution in [-0.2, 0) is 6.42 Å². The molecule has 144 valence electrons. The van der Waals surface area contributed by atoms with Crippen molar-refractivity contribution in [1.82, 2.24) is 9.97 Å². The highest BCUT2D eigenvalue weighted by Crippen LogP contribution is 2.18. The summed E-state index contributed by atoms with van der Waals surface area (Å²) in [5.74, 6) is 1.04. The van der Waals surface area contributed by atoms with Gasteiger partial charge in [0.05, 0.1) is 7.11 Å². The molecule has 0 aliphatic rings. The lowest BCUT2D eigenvalue weighted by Crippen LogP contribution is -2.16. The minimum Gasteiger partial charge on any atom is -0.497 e. The van der Waals surface area contributed by atoms with E-state index in [4.69, 9.17) is 4.74 Å². The number of halogens is 1. The van der Waals surface area contributed by atoms with Crippen molar-refractivity contribution in [3.05, 3.63) is 77.5 Å². The van der Waals surface area contributed by atoms with Crippen molar-refractivity contribution in [2.24, 2.45) is 0 Å². The quantitative estimate of drug-likeness (QED) is 0.651. The number of amides is 1. The van der Waals surface area contributed by atoms with Crippen LogP contribution < -0.4 is 15.4 Å². The monoisotopic (exact) mass is 380 g/mol. The minimum absolute atomic E-state index is 0.235. The van der Waals surface area contributed by atoms with Gasteiger partial charge in [-0.25, -0.2) is 14.4 Å². The lowest BCUT2D eigenvalue weighted by Gasteiger charge is -2.10. The first-order chi connectivity index (χ1) is 13.5. The van der Waals surface area contributed by atoms with Crippen LogP contribution in [0.3, 0.4) is 0 Å². The van der Waals surface area contributed by atoms with Crippen molar-refractivity contribution < 1.29 is 13.9 Å². The van der Waals surface area contributed by atoms with E-state index in [1.807, 2.05) is 0 Å². The number of hydrogen-bond donors (Lipinski definition) is 2. The molecule has 1 amide bonds. The van der Waals surface area contributed by atoms with Crippen LogP contribution in [0.1, 0.15) is 21.9 Å². The van der Waals surface area contributed by atoms with Crippen molar-refractivity contribution in [2.45, 2.75) is 13.3 Å². The highest BCUT2D eigenvalue weighted by molar-refractivity contribution is 6.03. The van der Waals surface area contributed by atoms with E-state index in [0.29, 0.717) is 41.6 Å². The molecule has 0 aliphatic carbocycles. The molecule has 2 aromatic carbocycles. The molecule has 0 bridgehead atoms. The molecule has 28 heavy (non-hydrogen) atoms. The average Bonchev–Trinajstić information content (AvgIpc) is 2.69. The van der Waals surface area contributed by atoms with Gasteiger partial charge >= 0.3 is 0 Å². The molecule has 0 fully saturated rings. The Morgan fingerprint density at radius 2 is 1.93 bits per heavy atom. The molecule has 3 rings (SSSR count). The van der Waals surface area contributed by atoms with Crippen molar-refractivity contribution in [2.75, 3.05) is 24.3 Å². The largest absolute Gasteiger partial charge is 0.497 e. The van der Waals surface area contributed by atoms with Gasteiger partial charge in [-0.15, -0.1) is 0 Å². The lowest BCUT2D eigenvalue weighted by atomic mass is 10.1. The molecule has 1 heterocycles. The second-order valence-electron chi connectivity index (χ2n) is 6.14. The van der Waals surface area contributed by atoms with Gasteiger partial charge in [-0.1, -0.05) is 24.3 Å². The highest BCUT2D eigenvalue weighted by Gasteiger charge is 2.11. The number of anilines is 2. The van der Waals surface area contributed by atoms with Crippen LogP contribution in [0.15, 0.2) is 54.6 Å². The predicted octanol–water partition coefficient (Wildman–Crippen LogP) is 3.84. The van der Waals surface area contributed by atoms with Crippen molar-refractivity contribution in [3.8, 4) is 5.75 Å². The summed E-state index contributed by atoms with van der Waals surface area (Å²) in [6.07, 6.45) is 0.501. The number of benzene rings is 2. The molecule has 6 nitrogen and oxygen atoms in total. The number of carbonyl (C=O) groups excluding carboxylic acids is 1. The van der Waals surface area contributed by atoms with E-state index < -0.39 is 0 Å². The normalized spacial score (nSPS) is 10.4. The number of nitrogens with zero attached hydrogens (tertiary/aromatic N) is 2. The number of ether oxygens (including phenoxy) is 1. The summed E-state index contributed by atoms with van der Waals surface area (Å²) in [4.78, 5) is 21.0. The Labute approximate surface area is 162 Å². The fourth-order valence-electron chi connectivity index (χ4n) is 2.70. The first-order valence-electron chi connectivity index (χ1n) is 8.83. The minimum atomic E-state index is -0.351. The Hall–Kier alpha value is -3.48. The molecule has 1 aromatic heterocycles. The Morgan fingerprint density at radius 1 is 1.11 bits per heavy atom. The summed E-state index contributed by atoms with van der Waals surface area (Å²) >= 11 is 0. The molecule has 0 spiro atoms. The van der Waals surface area contributed by atoms with Crippen LogP contribution in [0.25, 0.3) is 0 Å². The highest BCUT2D eigenvalue weighted by atomic mass is 19.1. The Bertz CT molecular complexity index is 978. The molecule has 0 aliphatic heterocycles.